The monoisotopic (exact) mass is 622 g/mol. The van der Waals surface area contributed by atoms with E-state index in [0.29, 0.717) is 0 Å². The van der Waals surface area contributed by atoms with Crippen molar-refractivity contribution in [1.29, 1.82) is 0 Å². The lowest BCUT2D eigenvalue weighted by atomic mass is 9.96. The number of dihydropyridines is 1. The molecule has 230 valence electrons. The minimum Gasteiger partial charge on any atom is -0.368 e. The number of rotatable bonds is 7. The summed E-state index contributed by atoms with van der Waals surface area (Å²) in [6, 6.07) is 34.3. The number of amidine groups is 1. The quantitative estimate of drug-likeness (QED) is 0.145. The second-order valence-electron chi connectivity index (χ2n) is 12.2. The summed E-state index contributed by atoms with van der Waals surface area (Å²) in [6.07, 6.45) is 15.1. The van der Waals surface area contributed by atoms with Gasteiger partial charge in [-0.05, 0) is 109 Å². The van der Waals surface area contributed by atoms with Crippen molar-refractivity contribution in [2.24, 2.45) is 4.99 Å². The van der Waals surface area contributed by atoms with Crippen LogP contribution in [0.4, 0.5) is 0 Å². The van der Waals surface area contributed by atoms with E-state index in [4.69, 9.17) is 16.6 Å². The summed E-state index contributed by atoms with van der Waals surface area (Å²) in [5.74, 6) is 0.952. The molecule has 0 saturated heterocycles. The van der Waals surface area contributed by atoms with E-state index in [2.05, 4.69) is 145 Å². The molecule has 3 atom stereocenters. The molecule has 2 aliphatic rings. The van der Waals surface area contributed by atoms with Crippen molar-refractivity contribution < 1.29 is 0 Å². The zero-order valence-corrected chi connectivity index (χ0v) is 27.3. The molecule has 1 aromatic heterocycles. The molecule has 4 aromatic carbocycles. The van der Waals surface area contributed by atoms with Gasteiger partial charge in [0.05, 0.1) is 17.6 Å². The van der Waals surface area contributed by atoms with E-state index in [1.54, 1.807) is 0 Å². The lowest BCUT2D eigenvalue weighted by molar-refractivity contribution is 0.400. The van der Waals surface area contributed by atoms with Crippen LogP contribution in [-0.2, 0) is 6.42 Å². The first kappa shape index (κ1) is 29.9. The molecule has 0 spiro atoms. The molecule has 46 heavy (non-hydrogen) atoms. The summed E-state index contributed by atoms with van der Waals surface area (Å²) in [6.45, 7) is 4.38. The first-order chi connectivity index (χ1) is 22.5. The number of allylic oxidation sites excluding steroid dienone is 3. The van der Waals surface area contributed by atoms with E-state index in [1.807, 2.05) is 24.4 Å². The van der Waals surface area contributed by atoms with Gasteiger partial charge in [-0.1, -0.05) is 90.5 Å². The van der Waals surface area contributed by atoms with Gasteiger partial charge in [0.25, 0.3) is 0 Å². The van der Waals surface area contributed by atoms with E-state index < -0.39 is 0 Å². The Morgan fingerprint density at radius 3 is 2.43 bits per heavy atom. The van der Waals surface area contributed by atoms with Crippen molar-refractivity contribution in [2.75, 3.05) is 7.05 Å². The molecular formula is C41H39ClN4. The number of fused-ring (bicyclic) bond motifs is 3. The van der Waals surface area contributed by atoms with Gasteiger partial charge in [-0.15, -0.1) is 0 Å². The van der Waals surface area contributed by atoms with Gasteiger partial charge >= 0.3 is 0 Å². The third-order valence-corrected chi connectivity index (χ3v) is 9.53. The van der Waals surface area contributed by atoms with Crippen LogP contribution in [0.2, 0.25) is 5.02 Å². The predicted octanol–water partition coefficient (Wildman–Crippen LogP) is 10.3. The number of halogens is 1. The van der Waals surface area contributed by atoms with E-state index in [0.717, 1.165) is 40.4 Å². The second-order valence-corrected chi connectivity index (χ2v) is 12.7. The largest absolute Gasteiger partial charge is 0.368 e. The molecule has 1 N–H and O–H groups in total. The third kappa shape index (κ3) is 5.81. The lowest BCUT2D eigenvalue weighted by Gasteiger charge is -2.30. The van der Waals surface area contributed by atoms with E-state index >= 15 is 0 Å². The smallest absolute Gasteiger partial charge is 0.131 e. The van der Waals surface area contributed by atoms with Gasteiger partial charge in [-0.2, -0.15) is 0 Å². The Balaban J connectivity index is 1.26. The number of nitrogens with one attached hydrogen (secondary N) is 1. The second kappa shape index (κ2) is 12.9. The highest BCUT2D eigenvalue weighted by Crippen LogP contribution is 2.38. The molecular weight excluding hydrogens is 584 g/mol. The van der Waals surface area contributed by atoms with Crippen molar-refractivity contribution in [2.45, 2.75) is 44.9 Å². The maximum Gasteiger partial charge on any atom is 0.131 e. The fraction of sp³-hybridized carbons (Fsp3) is 0.195. The highest BCUT2D eigenvalue weighted by Gasteiger charge is 2.23. The number of aliphatic imine (C=N–C) groups is 1. The molecule has 5 aromatic rings. The number of aromatic nitrogens is 1. The Kier molecular flexibility index (Phi) is 8.38. The normalized spacial score (nSPS) is 17.0. The minimum absolute atomic E-state index is 0.0103. The van der Waals surface area contributed by atoms with Gasteiger partial charge in [0.1, 0.15) is 12.0 Å². The van der Waals surface area contributed by atoms with Crippen molar-refractivity contribution in [1.82, 2.24) is 14.8 Å². The molecule has 1 aliphatic heterocycles. The predicted molar refractivity (Wildman–Crippen MR) is 194 cm³/mol. The van der Waals surface area contributed by atoms with Gasteiger partial charge in [0.2, 0.25) is 0 Å². The molecule has 0 radical (unpaired) electrons. The van der Waals surface area contributed by atoms with Crippen molar-refractivity contribution in [3.8, 4) is 11.1 Å². The highest BCUT2D eigenvalue weighted by molar-refractivity contribution is 6.31. The van der Waals surface area contributed by atoms with Crippen LogP contribution in [0.3, 0.4) is 0 Å². The molecule has 1 aliphatic carbocycles. The first-order valence-electron chi connectivity index (χ1n) is 16.1. The van der Waals surface area contributed by atoms with E-state index in [1.165, 1.54) is 33.3 Å². The maximum atomic E-state index is 6.86. The summed E-state index contributed by atoms with van der Waals surface area (Å²) in [7, 11) is 2.13. The molecule has 0 saturated carbocycles. The zero-order valence-electron chi connectivity index (χ0n) is 26.6. The van der Waals surface area contributed by atoms with E-state index in [9.17, 15) is 0 Å². The summed E-state index contributed by atoms with van der Waals surface area (Å²) in [5.41, 5.74) is 9.65. The molecule has 5 heteroatoms. The van der Waals surface area contributed by atoms with Crippen LogP contribution in [0, 0.1) is 0 Å². The topological polar surface area (TPSA) is 32.6 Å². The zero-order chi connectivity index (χ0) is 31.6. The molecule has 4 nitrogen and oxygen atoms in total. The molecule has 0 bridgehead atoms. The number of benzene rings is 4. The first-order valence-corrected chi connectivity index (χ1v) is 16.5. The summed E-state index contributed by atoms with van der Waals surface area (Å²) < 4.78 is 2.42. The highest BCUT2D eigenvalue weighted by atomic mass is 35.5. The van der Waals surface area contributed by atoms with Crippen LogP contribution in [0.1, 0.15) is 66.5 Å². The van der Waals surface area contributed by atoms with Crippen LogP contribution in [0.25, 0.3) is 28.1 Å². The van der Waals surface area contributed by atoms with Crippen molar-refractivity contribution >= 4 is 34.4 Å². The number of nitrogens with zero attached hydrogens (tertiary/aromatic N) is 3. The summed E-state index contributed by atoms with van der Waals surface area (Å²) >= 11 is 6.86. The van der Waals surface area contributed by atoms with Crippen LogP contribution in [0.15, 0.2) is 133 Å². The summed E-state index contributed by atoms with van der Waals surface area (Å²) in [4.78, 5) is 7.54. The van der Waals surface area contributed by atoms with Gasteiger partial charge in [-0.3, -0.25) is 4.99 Å². The third-order valence-electron chi connectivity index (χ3n) is 9.31. The Morgan fingerprint density at radius 1 is 0.891 bits per heavy atom. The summed E-state index contributed by atoms with van der Waals surface area (Å²) in [5, 5.41) is 5.56. The molecule has 7 rings (SSSR count). The lowest BCUT2D eigenvalue weighted by Crippen LogP contribution is -2.31. The Bertz CT molecular complexity index is 1980. The SMILES string of the molecule is CC(N=C(c1ccccc1)N(C)C(C)c1cc(Cl)cc(-c2ccc3c(c2)c2c(n3C3C=CC=CN3)C=CCC2)c1)c1ccccc1. The average Bonchev–Trinajstić information content (AvgIpc) is 3.44. The fourth-order valence-corrected chi connectivity index (χ4v) is 6.96. The Hall–Kier alpha value is -4.80. The fourth-order valence-electron chi connectivity index (χ4n) is 6.71. The van der Waals surface area contributed by atoms with Crippen LogP contribution in [0.5, 0.6) is 0 Å². The van der Waals surface area contributed by atoms with Crippen LogP contribution in [-0.4, -0.2) is 22.4 Å². The standard InChI is InChI=1S/C41H39ClN4/c1-28(30-14-6-4-7-15-30)44-41(31-16-8-5-9-17-31)45(3)29(2)33-24-34(26-35(42)25-33)32-21-22-39-37(27-32)36-18-10-11-19-38(36)46(39)40-20-12-13-23-43-40/h4-9,11-17,19-29,40,43H,10,18H2,1-3H3. The van der Waals surface area contributed by atoms with Crippen molar-refractivity contribution in [3.63, 3.8) is 0 Å². The van der Waals surface area contributed by atoms with Crippen LogP contribution < -0.4 is 5.32 Å². The molecule has 0 amide bonds. The van der Waals surface area contributed by atoms with Gasteiger partial charge < -0.3 is 14.8 Å². The molecule has 3 unspecified atom stereocenters. The van der Waals surface area contributed by atoms with Crippen molar-refractivity contribution in [3.05, 3.63) is 161 Å². The number of hydrogen-bond acceptors (Lipinski definition) is 2. The maximum absolute atomic E-state index is 6.86. The molecule has 2 heterocycles. The number of hydrogen-bond donors (Lipinski definition) is 1. The van der Waals surface area contributed by atoms with E-state index in [-0.39, 0.29) is 18.2 Å². The van der Waals surface area contributed by atoms with Gasteiger partial charge in [0, 0.05) is 28.7 Å². The minimum atomic E-state index is 0.0103. The average molecular weight is 623 g/mol. The Morgan fingerprint density at radius 2 is 1.67 bits per heavy atom. The Labute approximate surface area is 277 Å². The van der Waals surface area contributed by atoms with Gasteiger partial charge in [-0.25, -0.2) is 0 Å². The van der Waals surface area contributed by atoms with Crippen LogP contribution >= 0.6 is 11.6 Å². The van der Waals surface area contributed by atoms with Gasteiger partial charge in [0.15, 0.2) is 0 Å². The molecule has 0 fully saturated rings. The number of aryl methyl sites for hydroxylation is 1.